The van der Waals surface area contributed by atoms with Gasteiger partial charge < -0.3 is 9.80 Å². The molecule has 1 amide bonds. The van der Waals surface area contributed by atoms with Gasteiger partial charge in [-0.2, -0.15) is 5.10 Å². The van der Waals surface area contributed by atoms with Gasteiger partial charge in [-0.25, -0.2) is 9.82 Å². The molecule has 1 aliphatic heterocycles. The molecule has 2 aromatic rings. The Morgan fingerprint density at radius 1 is 1.16 bits per heavy atom. The van der Waals surface area contributed by atoms with E-state index in [1.54, 1.807) is 12.1 Å². The highest BCUT2D eigenvalue weighted by Crippen LogP contribution is 2.12. The van der Waals surface area contributed by atoms with Crippen LogP contribution in [-0.2, 0) is 4.79 Å². The summed E-state index contributed by atoms with van der Waals surface area (Å²) in [5.41, 5.74) is 4.36. The first-order valence-corrected chi connectivity index (χ1v) is 8.42. The molecule has 0 atom stereocenters. The van der Waals surface area contributed by atoms with Crippen molar-refractivity contribution >= 4 is 17.8 Å². The lowest BCUT2D eigenvalue weighted by molar-refractivity contribution is -0.892. The standard InChI is InChI=1S/C19H21FN4O/c20-17-6-4-5-16(13-17)14-21-22-19(25)15-23-9-11-24(12-10-23)18-7-2-1-3-8-18/h1-8,13-14H,9-12,15H2,(H,22,25)/p+1/b21-14-. The van der Waals surface area contributed by atoms with Crippen molar-refractivity contribution in [2.24, 2.45) is 5.10 Å². The third-order valence-corrected chi connectivity index (χ3v) is 4.25. The molecular weight excluding hydrogens is 319 g/mol. The van der Waals surface area contributed by atoms with Gasteiger partial charge >= 0.3 is 0 Å². The second-order valence-electron chi connectivity index (χ2n) is 6.10. The van der Waals surface area contributed by atoms with Crippen LogP contribution < -0.4 is 15.2 Å². The van der Waals surface area contributed by atoms with E-state index in [1.807, 2.05) is 18.2 Å². The topological polar surface area (TPSA) is 49.1 Å². The first-order chi connectivity index (χ1) is 12.2. The van der Waals surface area contributed by atoms with Crippen molar-refractivity contribution in [1.29, 1.82) is 0 Å². The van der Waals surface area contributed by atoms with Gasteiger partial charge in [-0.05, 0) is 29.8 Å². The molecule has 1 fully saturated rings. The van der Waals surface area contributed by atoms with E-state index in [1.165, 1.54) is 28.9 Å². The number of hydrogen-bond acceptors (Lipinski definition) is 3. The van der Waals surface area contributed by atoms with Crippen LogP contribution in [0.3, 0.4) is 0 Å². The van der Waals surface area contributed by atoms with Gasteiger partial charge in [0.2, 0.25) is 0 Å². The summed E-state index contributed by atoms with van der Waals surface area (Å²) in [5.74, 6) is -0.452. The molecule has 3 rings (SSSR count). The number of nitrogens with zero attached hydrogens (tertiary/aromatic N) is 2. The number of rotatable bonds is 5. The summed E-state index contributed by atoms with van der Waals surface area (Å²) in [4.78, 5) is 15.6. The predicted octanol–water partition coefficient (Wildman–Crippen LogP) is 0.681. The summed E-state index contributed by atoms with van der Waals surface area (Å²) in [7, 11) is 0. The van der Waals surface area contributed by atoms with E-state index in [-0.39, 0.29) is 11.7 Å². The summed E-state index contributed by atoms with van der Waals surface area (Å²) < 4.78 is 13.1. The first-order valence-electron chi connectivity index (χ1n) is 8.42. The van der Waals surface area contributed by atoms with E-state index in [2.05, 4.69) is 27.6 Å². The van der Waals surface area contributed by atoms with Gasteiger partial charge in [0.15, 0.2) is 6.54 Å². The fraction of sp³-hybridized carbons (Fsp3) is 0.263. The molecule has 2 N–H and O–H groups in total. The number of benzene rings is 2. The van der Waals surface area contributed by atoms with E-state index in [9.17, 15) is 9.18 Å². The Morgan fingerprint density at radius 2 is 1.92 bits per heavy atom. The zero-order valence-corrected chi connectivity index (χ0v) is 14.0. The lowest BCUT2D eigenvalue weighted by atomic mass is 10.2. The number of nitrogens with one attached hydrogen (secondary N) is 2. The number of hydrazone groups is 1. The Balaban J connectivity index is 1.42. The zero-order valence-electron chi connectivity index (χ0n) is 14.0. The molecule has 0 unspecified atom stereocenters. The molecule has 2 aromatic carbocycles. The van der Waals surface area contributed by atoms with Gasteiger partial charge in [0.25, 0.3) is 5.91 Å². The summed E-state index contributed by atoms with van der Waals surface area (Å²) in [5, 5.41) is 3.90. The quantitative estimate of drug-likeness (QED) is 0.621. The predicted molar refractivity (Wildman–Crippen MR) is 96.4 cm³/mol. The summed E-state index contributed by atoms with van der Waals surface area (Å²) in [6.45, 7) is 4.08. The van der Waals surface area contributed by atoms with Crippen LogP contribution in [0, 0.1) is 5.82 Å². The maximum absolute atomic E-state index is 13.1. The molecular formula is C19H22FN4O+. The van der Waals surface area contributed by atoms with Crippen LogP contribution in [0.5, 0.6) is 0 Å². The average molecular weight is 341 g/mol. The second kappa shape index (κ2) is 8.39. The van der Waals surface area contributed by atoms with Crippen LogP contribution in [0.25, 0.3) is 0 Å². The van der Waals surface area contributed by atoms with Crippen LogP contribution in [0.15, 0.2) is 59.7 Å². The van der Waals surface area contributed by atoms with E-state index in [0.717, 1.165) is 26.2 Å². The number of amides is 1. The third kappa shape index (κ3) is 5.12. The van der Waals surface area contributed by atoms with Crippen molar-refractivity contribution < 1.29 is 14.1 Å². The normalized spacial score (nSPS) is 15.5. The number of piperazine rings is 1. The summed E-state index contributed by atoms with van der Waals surface area (Å²) in [6.07, 6.45) is 1.45. The van der Waals surface area contributed by atoms with Gasteiger partial charge in [-0.1, -0.05) is 30.3 Å². The molecule has 5 nitrogen and oxygen atoms in total. The maximum atomic E-state index is 13.1. The lowest BCUT2D eigenvalue weighted by Gasteiger charge is -2.33. The Hall–Kier alpha value is -2.73. The molecule has 25 heavy (non-hydrogen) atoms. The number of carbonyl (C=O) groups excluding carboxylic acids is 1. The minimum Gasteiger partial charge on any atom is -0.360 e. The highest BCUT2D eigenvalue weighted by atomic mass is 19.1. The summed E-state index contributed by atoms with van der Waals surface area (Å²) >= 11 is 0. The molecule has 1 saturated heterocycles. The molecule has 6 heteroatoms. The van der Waals surface area contributed by atoms with Gasteiger partial charge in [0, 0.05) is 5.69 Å². The highest BCUT2D eigenvalue weighted by Gasteiger charge is 2.21. The lowest BCUT2D eigenvalue weighted by Crippen LogP contribution is -3.15. The van der Waals surface area contributed by atoms with Crippen molar-refractivity contribution in [2.45, 2.75) is 0 Å². The number of hydrogen-bond donors (Lipinski definition) is 2. The van der Waals surface area contributed by atoms with Crippen molar-refractivity contribution in [3.63, 3.8) is 0 Å². The Bertz CT molecular complexity index is 727. The van der Waals surface area contributed by atoms with Crippen LogP contribution in [0.4, 0.5) is 10.1 Å². The Kier molecular flexibility index (Phi) is 5.74. The minimum absolute atomic E-state index is 0.129. The van der Waals surface area contributed by atoms with E-state index in [4.69, 9.17) is 0 Å². The first kappa shape index (κ1) is 17.1. The average Bonchev–Trinajstić information content (AvgIpc) is 2.63. The van der Waals surface area contributed by atoms with Gasteiger partial charge in [-0.3, -0.25) is 4.79 Å². The number of anilines is 1. The van der Waals surface area contributed by atoms with E-state index >= 15 is 0 Å². The molecule has 1 heterocycles. The minimum atomic E-state index is -0.323. The van der Waals surface area contributed by atoms with Crippen LogP contribution in [0.1, 0.15) is 5.56 Å². The maximum Gasteiger partial charge on any atom is 0.295 e. The molecule has 0 aliphatic carbocycles. The Labute approximate surface area is 146 Å². The summed E-state index contributed by atoms with van der Waals surface area (Å²) in [6, 6.07) is 16.4. The van der Waals surface area contributed by atoms with Crippen LogP contribution in [-0.4, -0.2) is 44.8 Å². The molecule has 0 spiro atoms. The van der Waals surface area contributed by atoms with Crippen molar-refractivity contribution in [2.75, 3.05) is 37.6 Å². The zero-order chi connectivity index (χ0) is 17.5. The SMILES string of the molecule is O=C(C[NH+]1CCN(c2ccccc2)CC1)N/N=C\c1cccc(F)c1. The molecule has 0 radical (unpaired) electrons. The van der Waals surface area contributed by atoms with Gasteiger partial charge in [0.05, 0.1) is 32.4 Å². The van der Waals surface area contributed by atoms with Crippen molar-refractivity contribution in [1.82, 2.24) is 5.43 Å². The molecule has 0 aromatic heterocycles. The molecule has 0 saturated carbocycles. The second-order valence-corrected chi connectivity index (χ2v) is 6.10. The third-order valence-electron chi connectivity index (χ3n) is 4.25. The van der Waals surface area contributed by atoms with Crippen LogP contribution in [0.2, 0.25) is 0 Å². The van der Waals surface area contributed by atoms with E-state index in [0.29, 0.717) is 12.1 Å². The van der Waals surface area contributed by atoms with E-state index < -0.39 is 0 Å². The number of quaternary nitrogens is 1. The fourth-order valence-electron chi connectivity index (χ4n) is 2.93. The fourth-order valence-corrected chi connectivity index (χ4v) is 2.93. The van der Waals surface area contributed by atoms with Crippen molar-refractivity contribution in [3.05, 3.63) is 66.0 Å². The Morgan fingerprint density at radius 3 is 2.64 bits per heavy atom. The number of halogens is 1. The highest BCUT2D eigenvalue weighted by molar-refractivity contribution is 5.82. The van der Waals surface area contributed by atoms with Gasteiger partial charge in [-0.15, -0.1) is 0 Å². The number of carbonyl (C=O) groups is 1. The number of para-hydroxylation sites is 1. The van der Waals surface area contributed by atoms with Crippen LogP contribution >= 0.6 is 0 Å². The van der Waals surface area contributed by atoms with Gasteiger partial charge in [0.1, 0.15) is 5.82 Å². The van der Waals surface area contributed by atoms with Crippen molar-refractivity contribution in [3.8, 4) is 0 Å². The molecule has 0 bridgehead atoms. The monoisotopic (exact) mass is 341 g/mol. The molecule has 1 aliphatic rings. The molecule has 130 valence electrons. The smallest absolute Gasteiger partial charge is 0.295 e. The largest absolute Gasteiger partial charge is 0.360 e.